The van der Waals surface area contributed by atoms with Crippen LogP contribution in [0.3, 0.4) is 0 Å². The Hall–Kier alpha value is -6.38. The lowest BCUT2D eigenvalue weighted by Crippen LogP contribution is -2.11. The van der Waals surface area contributed by atoms with E-state index in [9.17, 15) is 0 Å². The SMILES string of the molecule is Cc1cc(C(C)C)ccc1N(c1ccccc1)c1ccc(C=Cc2ccc(C=Cc3ccc(N(c4ccccc4)c4ccc(C(C)C)cc4C)cc3)cc2)cc1. The third kappa shape index (κ3) is 8.94. The fourth-order valence-electron chi connectivity index (χ4n) is 7.16. The van der Waals surface area contributed by atoms with Gasteiger partial charge in [-0.05, 0) is 131 Å². The van der Waals surface area contributed by atoms with Crippen LogP contribution in [-0.2, 0) is 0 Å². The second-order valence-electron chi connectivity index (χ2n) is 15.3. The first kappa shape index (κ1) is 37.9. The molecular formula is C54H52N2. The first-order valence-electron chi connectivity index (χ1n) is 19.8. The van der Waals surface area contributed by atoms with Gasteiger partial charge in [-0.1, -0.05) is 161 Å². The average Bonchev–Trinajstić information content (AvgIpc) is 3.22. The highest BCUT2D eigenvalue weighted by Gasteiger charge is 2.17. The predicted molar refractivity (Wildman–Crippen MR) is 244 cm³/mol. The van der Waals surface area contributed by atoms with Gasteiger partial charge in [-0.15, -0.1) is 0 Å². The third-order valence-electron chi connectivity index (χ3n) is 10.5. The van der Waals surface area contributed by atoms with Crippen molar-refractivity contribution in [2.24, 2.45) is 0 Å². The fraction of sp³-hybridized carbons (Fsp3) is 0.148. The minimum Gasteiger partial charge on any atom is -0.310 e. The van der Waals surface area contributed by atoms with Crippen molar-refractivity contribution in [1.29, 1.82) is 0 Å². The molecular weight excluding hydrogens is 677 g/mol. The molecule has 0 bridgehead atoms. The highest BCUT2D eigenvalue weighted by atomic mass is 15.1. The van der Waals surface area contributed by atoms with Crippen LogP contribution in [0.4, 0.5) is 34.1 Å². The second-order valence-corrected chi connectivity index (χ2v) is 15.3. The van der Waals surface area contributed by atoms with E-state index in [0.717, 1.165) is 33.9 Å². The van der Waals surface area contributed by atoms with E-state index in [2.05, 4.69) is 246 Å². The van der Waals surface area contributed by atoms with Gasteiger partial charge in [0.2, 0.25) is 0 Å². The van der Waals surface area contributed by atoms with E-state index < -0.39 is 0 Å². The number of nitrogens with zero attached hydrogens (tertiary/aromatic N) is 2. The molecule has 0 unspecified atom stereocenters. The number of hydrogen-bond donors (Lipinski definition) is 0. The second kappa shape index (κ2) is 17.4. The van der Waals surface area contributed by atoms with Crippen LogP contribution in [0.1, 0.15) is 84.0 Å². The Morgan fingerprint density at radius 1 is 0.339 bits per heavy atom. The number of aryl methyl sites for hydroxylation is 2. The summed E-state index contributed by atoms with van der Waals surface area (Å²) < 4.78 is 0. The van der Waals surface area contributed by atoms with E-state index in [1.807, 2.05) is 0 Å². The van der Waals surface area contributed by atoms with Gasteiger partial charge in [0.05, 0.1) is 0 Å². The molecule has 0 aliphatic carbocycles. The van der Waals surface area contributed by atoms with E-state index in [1.165, 1.54) is 44.8 Å². The zero-order valence-corrected chi connectivity index (χ0v) is 33.5. The summed E-state index contributed by atoms with van der Waals surface area (Å²) in [7, 11) is 0. The summed E-state index contributed by atoms with van der Waals surface area (Å²) in [6.07, 6.45) is 8.73. The van der Waals surface area contributed by atoms with Crippen molar-refractivity contribution in [1.82, 2.24) is 0 Å². The Kier molecular flexibility index (Phi) is 11.8. The smallest absolute Gasteiger partial charge is 0.0490 e. The summed E-state index contributed by atoms with van der Waals surface area (Å²) in [4.78, 5) is 4.70. The van der Waals surface area contributed by atoms with Gasteiger partial charge in [-0.2, -0.15) is 0 Å². The van der Waals surface area contributed by atoms with Crippen molar-refractivity contribution in [3.63, 3.8) is 0 Å². The molecule has 0 saturated heterocycles. The van der Waals surface area contributed by atoms with Gasteiger partial charge in [0.25, 0.3) is 0 Å². The number of hydrogen-bond acceptors (Lipinski definition) is 2. The van der Waals surface area contributed by atoms with Crippen molar-refractivity contribution in [3.8, 4) is 0 Å². The van der Waals surface area contributed by atoms with Crippen LogP contribution in [0.5, 0.6) is 0 Å². The molecule has 56 heavy (non-hydrogen) atoms. The van der Waals surface area contributed by atoms with Gasteiger partial charge in [0.15, 0.2) is 0 Å². The van der Waals surface area contributed by atoms with E-state index in [4.69, 9.17) is 0 Å². The Morgan fingerprint density at radius 3 is 0.911 bits per heavy atom. The molecule has 0 atom stereocenters. The topological polar surface area (TPSA) is 6.48 Å². The molecule has 7 aromatic carbocycles. The summed E-state index contributed by atoms with van der Waals surface area (Å²) in [5.74, 6) is 0.994. The average molecular weight is 729 g/mol. The molecule has 0 aliphatic rings. The first-order chi connectivity index (χ1) is 27.2. The van der Waals surface area contributed by atoms with Crippen LogP contribution in [0.25, 0.3) is 24.3 Å². The minimum atomic E-state index is 0.497. The normalized spacial score (nSPS) is 11.6. The molecule has 0 aromatic heterocycles. The van der Waals surface area contributed by atoms with Crippen LogP contribution in [0.15, 0.2) is 170 Å². The van der Waals surface area contributed by atoms with Crippen LogP contribution in [0, 0.1) is 13.8 Å². The van der Waals surface area contributed by atoms with E-state index >= 15 is 0 Å². The first-order valence-corrected chi connectivity index (χ1v) is 19.8. The zero-order valence-electron chi connectivity index (χ0n) is 33.5. The molecule has 0 N–H and O–H groups in total. The van der Waals surface area contributed by atoms with E-state index in [-0.39, 0.29) is 0 Å². The Bertz CT molecular complexity index is 2230. The molecule has 278 valence electrons. The van der Waals surface area contributed by atoms with Crippen molar-refractivity contribution >= 4 is 58.4 Å². The summed E-state index contributed by atoms with van der Waals surface area (Å²) in [6.45, 7) is 13.4. The zero-order chi connectivity index (χ0) is 39.0. The summed E-state index contributed by atoms with van der Waals surface area (Å²) in [5, 5.41) is 0. The maximum atomic E-state index is 2.35. The van der Waals surface area contributed by atoms with Crippen molar-refractivity contribution < 1.29 is 0 Å². The molecule has 2 nitrogen and oxygen atoms in total. The third-order valence-corrected chi connectivity index (χ3v) is 10.5. The lowest BCUT2D eigenvalue weighted by molar-refractivity contribution is 0.864. The van der Waals surface area contributed by atoms with Gasteiger partial charge in [-0.25, -0.2) is 0 Å². The Labute approximate surface area is 334 Å². The van der Waals surface area contributed by atoms with Crippen LogP contribution in [0.2, 0.25) is 0 Å². The van der Waals surface area contributed by atoms with Gasteiger partial charge < -0.3 is 9.80 Å². The van der Waals surface area contributed by atoms with Crippen molar-refractivity contribution in [2.45, 2.75) is 53.4 Å². The Balaban J connectivity index is 1.03. The fourth-order valence-corrected chi connectivity index (χ4v) is 7.16. The van der Waals surface area contributed by atoms with Gasteiger partial charge in [0, 0.05) is 34.1 Å². The van der Waals surface area contributed by atoms with Gasteiger partial charge >= 0.3 is 0 Å². The number of para-hydroxylation sites is 2. The molecule has 0 fully saturated rings. The molecule has 0 aliphatic heterocycles. The highest BCUT2D eigenvalue weighted by Crippen LogP contribution is 2.39. The minimum absolute atomic E-state index is 0.497. The monoisotopic (exact) mass is 728 g/mol. The number of rotatable bonds is 12. The summed E-state index contributed by atoms with van der Waals surface area (Å²) in [6, 6.07) is 61.3. The molecule has 0 radical (unpaired) electrons. The van der Waals surface area contributed by atoms with Gasteiger partial charge in [0.1, 0.15) is 0 Å². The van der Waals surface area contributed by atoms with Crippen LogP contribution < -0.4 is 9.80 Å². The number of benzene rings is 7. The molecule has 0 saturated carbocycles. The molecule has 2 heteroatoms. The van der Waals surface area contributed by atoms with E-state index in [0.29, 0.717) is 11.8 Å². The standard InChI is InChI=1S/C54H52N2/c1-39(2)47-29-35-53(41(5)37-47)55(49-13-9-7-10-14-49)51-31-25-45(26-32-51)23-21-43-17-19-44(20-18-43)22-24-46-27-33-52(34-28-46)56(50-15-11-8-12-16-50)54-36-30-48(40(3)4)38-42(54)6/h7-40H,1-6H3. The molecule has 7 rings (SSSR count). The number of anilines is 6. The van der Waals surface area contributed by atoms with Crippen molar-refractivity contribution in [2.75, 3.05) is 9.80 Å². The lowest BCUT2D eigenvalue weighted by Gasteiger charge is -2.27. The maximum absolute atomic E-state index is 2.35. The van der Waals surface area contributed by atoms with E-state index in [1.54, 1.807) is 0 Å². The van der Waals surface area contributed by atoms with Gasteiger partial charge in [-0.3, -0.25) is 0 Å². The maximum Gasteiger partial charge on any atom is 0.0490 e. The quantitative estimate of drug-likeness (QED) is 0.116. The molecule has 0 amide bonds. The molecule has 0 spiro atoms. The Morgan fingerprint density at radius 2 is 0.625 bits per heavy atom. The summed E-state index contributed by atoms with van der Waals surface area (Å²) in [5.41, 5.74) is 16.9. The predicted octanol–water partition coefficient (Wildman–Crippen LogP) is 15.8. The summed E-state index contributed by atoms with van der Waals surface area (Å²) >= 11 is 0. The largest absolute Gasteiger partial charge is 0.310 e. The van der Waals surface area contributed by atoms with Crippen LogP contribution >= 0.6 is 0 Å². The van der Waals surface area contributed by atoms with Crippen molar-refractivity contribution in [3.05, 3.63) is 214 Å². The molecule has 7 aromatic rings. The molecule has 0 heterocycles. The van der Waals surface area contributed by atoms with Crippen LogP contribution in [-0.4, -0.2) is 0 Å². The lowest BCUT2D eigenvalue weighted by atomic mass is 9.99. The highest BCUT2D eigenvalue weighted by molar-refractivity contribution is 5.81.